The van der Waals surface area contributed by atoms with Gasteiger partial charge in [-0.05, 0) is 33.1 Å². The van der Waals surface area contributed by atoms with Crippen molar-refractivity contribution in [3.05, 3.63) is 0 Å². The van der Waals surface area contributed by atoms with Gasteiger partial charge >= 0.3 is 5.97 Å². The summed E-state index contributed by atoms with van der Waals surface area (Å²) in [6.45, 7) is 13.4. The molecule has 23 heavy (non-hydrogen) atoms. The maximum absolute atomic E-state index is 11.9. The first-order valence-corrected chi connectivity index (χ1v) is 9.52. The molecule has 0 aromatic carbocycles. The van der Waals surface area contributed by atoms with Gasteiger partial charge in [-0.2, -0.15) is 0 Å². The zero-order valence-corrected chi connectivity index (χ0v) is 16.1. The van der Waals surface area contributed by atoms with Crippen LogP contribution in [0.5, 0.6) is 0 Å². The maximum Gasteiger partial charge on any atom is 0.315 e. The molecule has 0 aromatic heterocycles. The number of aliphatic hydroxyl groups is 1. The summed E-state index contributed by atoms with van der Waals surface area (Å²) in [5, 5.41) is 19.4. The van der Waals surface area contributed by atoms with Crippen molar-refractivity contribution in [1.82, 2.24) is 0 Å². The van der Waals surface area contributed by atoms with Crippen molar-refractivity contribution in [2.75, 3.05) is 26.2 Å². The van der Waals surface area contributed by atoms with Crippen molar-refractivity contribution in [3.8, 4) is 0 Å². The second-order valence-electron chi connectivity index (χ2n) is 7.50. The molecule has 0 aromatic rings. The average Bonchev–Trinajstić information content (AvgIpc) is 2.52. The predicted octanol–water partition coefficient (Wildman–Crippen LogP) is 4.07. The van der Waals surface area contributed by atoms with E-state index >= 15 is 0 Å². The third-order valence-electron chi connectivity index (χ3n) is 5.32. The van der Waals surface area contributed by atoms with Crippen molar-refractivity contribution in [2.45, 2.75) is 85.6 Å². The van der Waals surface area contributed by atoms with E-state index in [1.807, 2.05) is 13.8 Å². The third kappa shape index (κ3) is 6.42. The summed E-state index contributed by atoms with van der Waals surface area (Å²) in [7, 11) is 0. The predicted molar refractivity (Wildman–Crippen MR) is 96.5 cm³/mol. The highest BCUT2D eigenvalue weighted by Crippen LogP contribution is 2.35. The summed E-state index contributed by atoms with van der Waals surface area (Å²) in [6, 6.07) is -0.0327. The van der Waals surface area contributed by atoms with Crippen LogP contribution in [0.4, 0.5) is 0 Å². The van der Waals surface area contributed by atoms with Crippen LogP contribution in [-0.4, -0.2) is 52.9 Å². The Morgan fingerprint density at radius 2 is 1.35 bits per heavy atom. The van der Waals surface area contributed by atoms with Gasteiger partial charge in [0.2, 0.25) is 0 Å². The lowest BCUT2D eigenvalue weighted by Gasteiger charge is -2.50. The first kappa shape index (κ1) is 22.4. The van der Waals surface area contributed by atoms with Gasteiger partial charge in [0.05, 0.1) is 19.6 Å². The van der Waals surface area contributed by atoms with E-state index in [0.717, 1.165) is 62.6 Å². The summed E-state index contributed by atoms with van der Waals surface area (Å²) in [4.78, 5) is 11.9. The van der Waals surface area contributed by atoms with Gasteiger partial charge in [0, 0.05) is 13.0 Å². The van der Waals surface area contributed by atoms with E-state index in [2.05, 4.69) is 20.8 Å². The number of carboxylic acids is 1. The number of unbranched alkanes of at least 4 members (excludes halogenated alkanes) is 3. The molecule has 1 unspecified atom stereocenters. The topological polar surface area (TPSA) is 57.5 Å². The summed E-state index contributed by atoms with van der Waals surface area (Å²) >= 11 is 0. The van der Waals surface area contributed by atoms with Crippen LogP contribution in [0.2, 0.25) is 0 Å². The first-order chi connectivity index (χ1) is 10.8. The quantitative estimate of drug-likeness (QED) is 0.472. The fraction of sp³-hybridized carbons (Fsp3) is 0.947. The van der Waals surface area contributed by atoms with E-state index in [4.69, 9.17) is 0 Å². The van der Waals surface area contributed by atoms with Crippen LogP contribution in [0.25, 0.3) is 0 Å². The Labute approximate surface area is 143 Å². The minimum atomic E-state index is -0.821. The number of hydrogen-bond acceptors (Lipinski definition) is 2. The average molecular weight is 331 g/mol. The minimum absolute atomic E-state index is 0.0327. The molecule has 1 atom stereocenters. The largest absolute Gasteiger partial charge is 0.481 e. The summed E-state index contributed by atoms with van der Waals surface area (Å²) < 4.78 is 0.857. The van der Waals surface area contributed by atoms with Crippen molar-refractivity contribution in [3.63, 3.8) is 0 Å². The van der Waals surface area contributed by atoms with Gasteiger partial charge in [-0.15, -0.1) is 0 Å². The molecule has 4 heteroatoms. The fourth-order valence-corrected chi connectivity index (χ4v) is 3.81. The van der Waals surface area contributed by atoms with Crippen LogP contribution >= 0.6 is 0 Å². The van der Waals surface area contributed by atoms with Gasteiger partial charge in [-0.3, -0.25) is 4.79 Å². The summed E-state index contributed by atoms with van der Waals surface area (Å²) in [5.41, 5.74) is -0.821. The normalized spacial score (nSPS) is 14.0. The highest BCUT2D eigenvalue weighted by atomic mass is 16.4. The molecule has 0 spiro atoms. The Morgan fingerprint density at radius 3 is 1.61 bits per heavy atom. The number of nitrogens with zero attached hydrogens (tertiary/aromatic N) is 1. The molecule has 0 heterocycles. The Morgan fingerprint density at radius 1 is 0.957 bits per heavy atom. The highest BCUT2D eigenvalue weighted by Gasteiger charge is 2.49. The van der Waals surface area contributed by atoms with Gasteiger partial charge < -0.3 is 14.7 Å². The summed E-state index contributed by atoms with van der Waals surface area (Å²) in [6.07, 6.45) is 7.28. The van der Waals surface area contributed by atoms with Crippen LogP contribution in [0.3, 0.4) is 0 Å². The van der Waals surface area contributed by atoms with E-state index in [9.17, 15) is 15.0 Å². The van der Waals surface area contributed by atoms with Gasteiger partial charge in [-0.25, -0.2) is 0 Å². The van der Waals surface area contributed by atoms with Gasteiger partial charge in [0.15, 0.2) is 0 Å². The number of rotatable bonds is 14. The standard InChI is InChI=1S/C19H39NO3/c1-6-9-13-20(14-10-7-2,15-11-8-3)17(12-16-21)19(4,5)18(22)23/h17,21H,6-16H2,1-5H3/p+1. The molecule has 0 saturated carbocycles. The Bertz CT molecular complexity index is 307. The fourth-order valence-electron chi connectivity index (χ4n) is 3.81. The number of carboxylic acid groups (broad SMARTS) is 1. The molecule has 138 valence electrons. The number of aliphatic hydroxyl groups excluding tert-OH is 1. The number of hydrogen-bond donors (Lipinski definition) is 2. The van der Waals surface area contributed by atoms with Crippen LogP contribution < -0.4 is 0 Å². The number of aliphatic carboxylic acids is 1. The number of carbonyl (C=O) groups is 1. The zero-order valence-electron chi connectivity index (χ0n) is 16.1. The molecule has 0 aliphatic heterocycles. The van der Waals surface area contributed by atoms with Crippen molar-refractivity contribution >= 4 is 5.97 Å². The monoisotopic (exact) mass is 330 g/mol. The third-order valence-corrected chi connectivity index (χ3v) is 5.32. The molecule has 0 bridgehead atoms. The lowest BCUT2D eigenvalue weighted by Crippen LogP contribution is -2.63. The molecular weight excluding hydrogens is 290 g/mol. The molecule has 4 nitrogen and oxygen atoms in total. The summed E-state index contributed by atoms with van der Waals surface area (Å²) in [5.74, 6) is -0.747. The van der Waals surface area contributed by atoms with E-state index in [1.165, 1.54) is 0 Å². The van der Waals surface area contributed by atoms with E-state index in [0.29, 0.717) is 6.42 Å². The Hall–Kier alpha value is -0.610. The number of quaternary nitrogens is 1. The van der Waals surface area contributed by atoms with E-state index in [-0.39, 0.29) is 12.6 Å². The lowest BCUT2D eigenvalue weighted by atomic mass is 9.79. The van der Waals surface area contributed by atoms with Gasteiger partial charge in [0.25, 0.3) is 0 Å². The van der Waals surface area contributed by atoms with E-state index < -0.39 is 11.4 Å². The molecular formula is C19H40NO3+. The minimum Gasteiger partial charge on any atom is -0.481 e. The second-order valence-corrected chi connectivity index (χ2v) is 7.50. The molecule has 0 saturated heterocycles. The van der Waals surface area contributed by atoms with Crippen LogP contribution in [0.15, 0.2) is 0 Å². The van der Waals surface area contributed by atoms with Crippen molar-refractivity contribution in [2.24, 2.45) is 5.41 Å². The second kappa shape index (κ2) is 11.0. The molecule has 0 aliphatic rings. The van der Waals surface area contributed by atoms with Crippen molar-refractivity contribution in [1.29, 1.82) is 0 Å². The Kier molecular flexibility index (Phi) is 10.7. The SMILES string of the molecule is CCCC[N+](CCCC)(CCCC)C(CCO)C(C)(C)C(=O)O. The van der Waals surface area contributed by atoms with Gasteiger partial charge in [-0.1, -0.05) is 40.0 Å². The van der Waals surface area contributed by atoms with Crippen LogP contribution in [-0.2, 0) is 4.79 Å². The first-order valence-electron chi connectivity index (χ1n) is 9.52. The molecule has 0 amide bonds. The zero-order chi connectivity index (χ0) is 17.9. The lowest BCUT2D eigenvalue weighted by molar-refractivity contribution is -0.957. The van der Waals surface area contributed by atoms with Crippen LogP contribution in [0.1, 0.15) is 79.6 Å². The molecule has 0 aliphatic carbocycles. The Balaban J connectivity index is 5.76. The molecule has 0 radical (unpaired) electrons. The highest BCUT2D eigenvalue weighted by molar-refractivity contribution is 5.74. The molecule has 0 fully saturated rings. The molecule has 0 rings (SSSR count). The van der Waals surface area contributed by atoms with E-state index in [1.54, 1.807) is 0 Å². The molecule has 2 N–H and O–H groups in total. The smallest absolute Gasteiger partial charge is 0.315 e. The van der Waals surface area contributed by atoms with Crippen LogP contribution in [0, 0.1) is 5.41 Å². The van der Waals surface area contributed by atoms with Crippen molar-refractivity contribution < 1.29 is 19.5 Å². The van der Waals surface area contributed by atoms with Gasteiger partial charge in [0.1, 0.15) is 11.5 Å². The maximum atomic E-state index is 11.9.